The topological polar surface area (TPSA) is 101 Å². The van der Waals surface area contributed by atoms with E-state index in [9.17, 15) is 9.59 Å². The van der Waals surface area contributed by atoms with Gasteiger partial charge in [-0.1, -0.05) is 18.2 Å². The Kier molecular flexibility index (Phi) is 5.30. The molecule has 1 aliphatic rings. The van der Waals surface area contributed by atoms with E-state index in [0.717, 1.165) is 11.3 Å². The molecule has 0 unspecified atom stereocenters. The van der Waals surface area contributed by atoms with Crippen LogP contribution in [-0.2, 0) is 11.3 Å². The van der Waals surface area contributed by atoms with Crippen molar-refractivity contribution < 1.29 is 28.6 Å². The Morgan fingerprint density at radius 3 is 2.73 bits per heavy atom. The Morgan fingerprint density at radius 2 is 2.00 bits per heavy atom. The standard InChI is InChI=1S/C22H20N2O6/c1-28-19-11-14(8-9-18(19)30-13-20(25)26)21-23-17-7-3-2-6-16(17)22(27)24(21)12-15-5-4-10-29-15/h2-11,21,23H,12-13H2,1H3,(H,25,26)/t21-/m0/s1. The Hall–Kier alpha value is -3.94. The zero-order chi connectivity index (χ0) is 21.1. The van der Waals surface area contributed by atoms with E-state index < -0.39 is 18.7 Å². The molecule has 0 saturated heterocycles. The van der Waals surface area contributed by atoms with Crippen LogP contribution in [-0.4, -0.2) is 35.6 Å². The summed E-state index contributed by atoms with van der Waals surface area (Å²) < 4.78 is 16.1. The summed E-state index contributed by atoms with van der Waals surface area (Å²) >= 11 is 0. The van der Waals surface area contributed by atoms with Crippen LogP contribution in [0.4, 0.5) is 5.69 Å². The molecular weight excluding hydrogens is 388 g/mol. The van der Waals surface area contributed by atoms with Crippen molar-refractivity contribution in [1.29, 1.82) is 0 Å². The van der Waals surface area contributed by atoms with E-state index in [1.165, 1.54) is 7.11 Å². The van der Waals surface area contributed by atoms with Crippen LogP contribution in [0, 0.1) is 0 Å². The lowest BCUT2D eigenvalue weighted by Crippen LogP contribution is -2.42. The monoisotopic (exact) mass is 408 g/mol. The van der Waals surface area contributed by atoms with E-state index >= 15 is 0 Å². The Labute approximate surface area is 172 Å². The van der Waals surface area contributed by atoms with Gasteiger partial charge in [0.15, 0.2) is 18.1 Å². The first kappa shape index (κ1) is 19.4. The number of para-hydroxylation sites is 1. The summed E-state index contributed by atoms with van der Waals surface area (Å²) in [5.74, 6) is 0.129. The van der Waals surface area contributed by atoms with Crippen LogP contribution in [0.15, 0.2) is 65.3 Å². The molecule has 0 saturated carbocycles. The smallest absolute Gasteiger partial charge is 0.341 e. The molecule has 8 nitrogen and oxygen atoms in total. The number of furan rings is 1. The van der Waals surface area contributed by atoms with Crippen molar-refractivity contribution in [2.45, 2.75) is 12.7 Å². The van der Waals surface area contributed by atoms with E-state index in [2.05, 4.69) is 5.32 Å². The van der Waals surface area contributed by atoms with Crippen LogP contribution in [0.5, 0.6) is 11.5 Å². The number of anilines is 1. The van der Waals surface area contributed by atoms with Gasteiger partial charge in [-0.05, 0) is 42.0 Å². The van der Waals surface area contributed by atoms with Gasteiger partial charge in [0.05, 0.1) is 25.5 Å². The van der Waals surface area contributed by atoms with Crippen molar-refractivity contribution in [3.05, 3.63) is 77.7 Å². The highest BCUT2D eigenvalue weighted by Crippen LogP contribution is 2.37. The lowest BCUT2D eigenvalue weighted by molar-refractivity contribution is -0.139. The van der Waals surface area contributed by atoms with Crippen molar-refractivity contribution in [2.75, 3.05) is 19.0 Å². The first-order valence-electron chi connectivity index (χ1n) is 9.28. The normalized spacial score (nSPS) is 15.3. The van der Waals surface area contributed by atoms with E-state index in [0.29, 0.717) is 22.8 Å². The molecule has 3 aromatic rings. The molecule has 2 heterocycles. The molecule has 2 aromatic carbocycles. The SMILES string of the molecule is COc1cc([C@H]2Nc3ccccc3C(=O)N2Cc2ccco2)ccc1OCC(=O)O. The summed E-state index contributed by atoms with van der Waals surface area (Å²) in [5.41, 5.74) is 2.06. The molecule has 0 spiro atoms. The minimum atomic E-state index is -1.08. The first-order valence-corrected chi connectivity index (χ1v) is 9.28. The number of aliphatic carboxylic acids is 1. The minimum Gasteiger partial charge on any atom is -0.493 e. The van der Waals surface area contributed by atoms with Gasteiger partial charge >= 0.3 is 5.97 Å². The molecule has 1 atom stereocenters. The summed E-state index contributed by atoms with van der Waals surface area (Å²) in [5, 5.41) is 12.2. The van der Waals surface area contributed by atoms with Crippen molar-refractivity contribution in [2.24, 2.45) is 0 Å². The van der Waals surface area contributed by atoms with Crippen LogP contribution in [0.2, 0.25) is 0 Å². The maximum absolute atomic E-state index is 13.2. The highest BCUT2D eigenvalue weighted by molar-refractivity contribution is 6.01. The Morgan fingerprint density at radius 1 is 1.17 bits per heavy atom. The largest absolute Gasteiger partial charge is 0.493 e. The second kappa shape index (κ2) is 8.20. The van der Waals surface area contributed by atoms with E-state index in [1.807, 2.05) is 24.3 Å². The summed E-state index contributed by atoms with van der Waals surface area (Å²) in [6.45, 7) is -0.203. The number of rotatable bonds is 7. The summed E-state index contributed by atoms with van der Waals surface area (Å²) in [4.78, 5) is 25.7. The summed E-state index contributed by atoms with van der Waals surface area (Å²) in [6.07, 6.45) is 1.08. The molecule has 4 rings (SSSR count). The maximum Gasteiger partial charge on any atom is 0.341 e. The number of benzene rings is 2. The minimum absolute atomic E-state index is 0.129. The molecular formula is C22H20N2O6. The fourth-order valence-corrected chi connectivity index (χ4v) is 3.40. The Balaban J connectivity index is 1.71. The third-order valence-corrected chi connectivity index (χ3v) is 4.78. The molecule has 1 aromatic heterocycles. The number of ether oxygens (including phenoxy) is 2. The van der Waals surface area contributed by atoms with E-state index in [-0.39, 0.29) is 12.5 Å². The predicted octanol–water partition coefficient (Wildman–Crippen LogP) is 3.52. The number of fused-ring (bicyclic) bond motifs is 1. The Bertz CT molecular complexity index is 1060. The van der Waals surface area contributed by atoms with Crippen LogP contribution in [0.25, 0.3) is 0 Å². The molecule has 1 aliphatic heterocycles. The second-order valence-corrected chi connectivity index (χ2v) is 6.70. The molecule has 30 heavy (non-hydrogen) atoms. The van der Waals surface area contributed by atoms with Gasteiger partial charge < -0.3 is 29.2 Å². The third-order valence-electron chi connectivity index (χ3n) is 4.78. The number of carbonyl (C=O) groups is 2. The van der Waals surface area contributed by atoms with Gasteiger partial charge in [-0.25, -0.2) is 4.79 Å². The second-order valence-electron chi connectivity index (χ2n) is 6.70. The van der Waals surface area contributed by atoms with Crippen molar-refractivity contribution >= 4 is 17.6 Å². The van der Waals surface area contributed by atoms with Crippen LogP contribution < -0.4 is 14.8 Å². The average molecular weight is 408 g/mol. The number of carboxylic acid groups (broad SMARTS) is 1. The van der Waals surface area contributed by atoms with Crippen LogP contribution in [0.3, 0.4) is 0 Å². The van der Waals surface area contributed by atoms with Crippen LogP contribution in [0.1, 0.15) is 27.8 Å². The van der Waals surface area contributed by atoms with Gasteiger partial charge in [0.25, 0.3) is 5.91 Å². The number of hydrogen-bond donors (Lipinski definition) is 2. The number of hydrogen-bond acceptors (Lipinski definition) is 6. The number of nitrogens with one attached hydrogen (secondary N) is 1. The molecule has 0 bridgehead atoms. The maximum atomic E-state index is 13.2. The van der Waals surface area contributed by atoms with Gasteiger partial charge in [0.2, 0.25) is 0 Å². The van der Waals surface area contributed by atoms with Gasteiger partial charge in [0.1, 0.15) is 11.9 Å². The van der Waals surface area contributed by atoms with Crippen molar-refractivity contribution in [3.63, 3.8) is 0 Å². The van der Waals surface area contributed by atoms with Gasteiger partial charge in [-0.2, -0.15) is 0 Å². The quantitative estimate of drug-likeness (QED) is 0.617. The molecule has 0 radical (unpaired) electrons. The molecule has 8 heteroatoms. The number of methoxy groups -OCH3 is 1. The molecule has 2 N–H and O–H groups in total. The molecule has 0 aliphatic carbocycles. The number of carbonyl (C=O) groups excluding carboxylic acids is 1. The first-order chi connectivity index (χ1) is 14.6. The van der Waals surface area contributed by atoms with Gasteiger partial charge in [0, 0.05) is 5.69 Å². The summed E-state index contributed by atoms with van der Waals surface area (Å²) in [6, 6.07) is 16.0. The molecule has 1 amide bonds. The van der Waals surface area contributed by atoms with E-state index in [1.54, 1.807) is 41.5 Å². The highest BCUT2D eigenvalue weighted by atomic mass is 16.5. The predicted molar refractivity (Wildman–Crippen MR) is 108 cm³/mol. The number of nitrogens with zero attached hydrogens (tertiary/aromatic N) is 1. The lowest BCUT2D eigenvalue weighted by atomic mass is 10.0. The lowest BCUT2D eigenvalue weighted by Gasteiger charge is -2.37. The third kappa shape index (κ3) is 3.80. The van der Waals surface area contributed by atoms with Gasteiger partial charge in [-0.3, -0.25) is 4.79 Å². The highest BCUT2D eigenvalue weighted by Gasteiger charge is 2.33. The molecule has 0 fully saturated rings. The fraction of sp³-hybridized carbons (Fsp3) is 0.182. The average Bonchev–Trinajstić information content (AvgIpc) is 3.27. The number of amides is 1. The van der Waals surface area contributed by atoms with Crippen LogP contribution >= 0.6 is 0 Å². The zero-order valence-corrected chi connectivity index (χ0v) is 16.2. The van der Waals surface area contributed by atoms with Crippen molar-refractivity contribution in [3.8, 4) is 11.5 Å². The number of carboxylic acids is 1. The summed E-state index contributed by atoms with van der Waals surface area (Å²) in [7, 11) is 1.47. The molecule has 154 valence electrons. The zero-order valence-electron chi connectivity index (χ0n) is 16.2. The van der Waals surface area contributed by atoms with Crippen molar-refractivity contribution in [1.82, 2.24) is 4.90 Å². The van der Waals surface area contributed by atoms with E-state index in [4.69, 9.17) is 19.0 Å². The fourth-order valence-electron chi connectivity index (χ4n) is 3.40. The van der Waals surface area contributed by atoms with Gasteiger partial charge in [-0.15, -0.1) is 0 Å².